The highest BCUT2D eigenvalue weighted by Gasteiger charge is 2.26. The van der Waals surface area contributed by atoms with Crippen LogP contribution in [0.5, 0.6) is 0 Å². The van der Waals surface area contributed by atoms with Gasteiger partial charge in [-0.2, -0.15) is 0 Å². The molecule has 1 aromatic rings. The zero-order valence-corrected chi connectivity index (χ0v) is 11.2. The fourth-order valence-corrected chi connectivity index (χ4v) is 3.03. The maximum atomic E-state index is 5.39. The average molecular weight is 241 g/mol. The van der Waals surface area contributed by atoms with Gasteiger partial charge >= 0.3 is 0 Å². The van der Waals surface area contributed by atoms with Crippen molar-refractivity contribution < 1.29 is 0 Å². The van der Waals surface area contributed by atoms with Gasteiger partial charge in [-0.15, -0.1) is 12.3 Å². The lowest BCUT2D eigenvalue weighted by atomic mass is 9.79. The molecule has 1 aliphatic rings. The maximum Gasteiger partial charge on any atom is 0.0238 e. The lowest BCUT2D eigenvalue weighted by Crippen LogP contribution is -2.42. The molecule has 0 radical (unpaired) electrons. The van der Waals surface area contributed by atoms with E-state index in [2.05, 4.69) is 48.5 Å². The number of nitrogens with one attached hydrogen (secondary N) is 1. The summed E-state index contributed by atoms with van der Waals surface area (Å²) in [6, 6.07) is 11.9. The highest BCUT2D eigenvalue weighted by Crippen LogP contribution is 2.33. The van der Waals surface area contributed by atoms with Gasteiger partial charge in [0.2, 0.25) is 0 Å². The summed E-state index contributed by atoms with van der Waals surface area (Å²) in [6.07, 6.45) is 11.5. The number of hydrogen-bond acceptors (Lipinski definition) is 1. The van der Waals surface area contributed by atoms with Gasteiger partial charge in [0.15, 0.2) is 0 Å². The summed E-state index contributed by atoms with van der Waals surface area (Å²) in [4.78, 5) is 0. The van der Waals surface area contributed by atoms with Crippen molar-refractivity contribution in [2.24, 2.45) is 0 Å². The van der Waals surface area contributed by atoms with Crippen molar-refractivity contribution in [1.29, 1.82) is 0 Å². The summed E-state index contributed by atoms with van der Waals surface area (Å²) in [5.74, 6) is 3.40. The highest BCUT2D eigenvalue weighted by molar-refractivity contribution is 5.22. The zero-order valence-electron chi connectivity index (χ0n) is 11.2. The predicted molar refractivity (Wildman–Crippen MR) is 77.5 cm³/mol. The van der Waals surface area contributed by atoms with E-state index in [1.54, 1.807) is 0 Å². The van der Waals surface area contributed by atoms with Crippen LogP contribution in [0.15, 0.2) is 30.3 Å². The molecule has 18 heavy (non-hydrogen) atoms. The Kier molecular flexibility index (Phi) is 4.84. The normalized spacial score (nSPS) is 25.3. The molecule has 0 heterocycles. The summed E-state index contributed by atoms with van der Waals surface area (Å²) < 4.78 is 0. The molecule has 0 bridgehead atoms. The minimum Gasteiger partial charge on any atom is -0.310 e. The molecule has 1 heteroatoms. The van der Waals surface area contributed by atoms with Gasteiger partial charge in [-0.3, -0.25) is 0 Å². The monoisotopic (exact) mass is 241 g/mol. The molecule has 0 aromatic heterocycles. The van der Waals surface area contributed by atoms with Crippen molar-refractivity contribution in [1.82, 2.24) is 5.32 Å². The first kappa shape index (κ1) is 13.2. The van der Waals surface area contributed by atoms with Gasteiger partial charge in [0.1, 0.15) is 0 Å². The van der Waals surface area contributed by atoms with E-state index in [4.69, 9.17) is 6.42 Å². The van der Waals surface area contributed by atoms with Crippen molar-refractivity contribution in [3.05, 3.63) is 35.9 Å². The molecule has 3 unspecified atom stereocenters. The smallest absolute Gasteiger partial charge is 0.0238 e. The third kappa shape index (κ3) is 3.37. The maximum absolute atomic E-state index is 5.39. The van der Waals surface area contributed by atoms with Crippen molar-refractivity contribution in [3.63, 3.8) is 0 Å². The van der Waals surface area contributed by atoms with E-state index in [0.717, 1.165) is 6.42 Å². The molecular weight excluding hydrogens is 218 g/mol. The summed E-state index contributed by atoms with van der Waals surface area (Å²) >= 11 is 0. The SMILES string of the molecule is C#CCC(C)NC1CCCCC1c1ccccc1. The summed E-state index contributed by atoms with van der Waals surface area (Å²) in [6.45, 7) is 2.19. The number of rotatable bonds is 4. The minimum absolute atomic E-state index is 0.421. The Morgan fingerprint density at radius 2 is 2.00 bits per heavy atom. The molecule has 1 N–H and O–H groups in total. The van der Waals surface area contributed by atoms with Crippen molar-refractivity contribution >= 4 is 0 Å². The number of terminal acetylenes is 1. The van der Waals surface area contributed by atoms with Gasteiger partial charge in [-0.25, -0.2) is 0 Å². The van der Waals surface area contributed by atoms with Crippen LogP contribution in [0.3, 0.4) is 0 Å². The molecule has 1 nitrogen and oxygen atoms in total. The molecule has 1 aromatic carbocycles. The zero-order chi connectivity index (χ0) is 12.8. The first-order valence-corrected chi connectivity index (χ1v) is 7.05. The van der Waals surface area contributed by atoms with E-state index in [0.29, 0.717) is 18.0 Å². The molecule has 96 valence electrons. The van der Waals surface area contributed by atoms with Crippen LogP contribution in [0, 0.1) is 12.3 Å². The predicted octanol–water partition coefficient (Wildman–Crippen LogP) is 3.71. The molecule has 1 aliphatic carbocycles. The Labute approximate surface area is 111 Å². The summed E-state index contributed by atoms with van der Waals surface area (Å²) in [5, 5.41) is 3.73. The molecule has 0 amide bonds. The standard InChI is InChI=1S/C17H23N/c1-3-9-14(2)18-17-13-8-7-12-16(17)15-10-5-4-6-11-15/h1,4-6,10-11,14,16-18H,7-9,12-13H2,2H3. The molecule has 0 spiro atoms. The third-order valence-electron chi connectivity index (χ3n) is 3.92. The molecule has 3 atom stereocenters. The Balaban J connectivity index is 2.05. The fourth-order valence-electron chi connectivity index (χ4n) is 3.03. The van der Waals surface area contributed by atoms with Crippen LogP contribution in [0.4, 0.5) is 0 Å². The lowest BCUT2D eigenvalue weighted by Gasteiger charge is -2.34. The van der Waals surface area contributed by atoms with Crippen molar-refractivity contribution in [3.8, 4) is 12.3 Å². The van der Waals surface area contributed by atoms with E-state index in [1.165, 1.54) is 31.2 Å². The average Bonchev–Trinajstić information content (AvgIpc) is 2.40. The van der Waals surface area contributed by atoms with Crippen molar-refractivity contribution in [2.75, 3.05) is 0 Å². The first-order chi connectivity index (χ1) is 8.81. The Morgan fingerprint density at radius 3 is 2.72 bits per heavy atom. The molecular formula is C17H23N. The highest BCUT2D eigenvalue weighted by atomic mass is 15.0. The van der Waals surface area contributed by atoms with E-state index in [9.17, 15) is 0 Å². The summed E-state index contributed by atoms with van der Waals surface area (Å²) in [5.41, 5.74) is 1.47. The van der Waals surface area contributed by atoms with Crippen LogP contribution in [-0.4, -0.2) is 12.1 Å². The second-order valence-electron chi connectivity index (χ2n) is 5.38. The second kappa shape index (κ2) is 6.61. The lowest BCUT2D eigenvalue weighted by molar-refractivity contribution is 0.305. The van der Waals surface area contributed by atoms with Gasteiger partial charge in [-0.05, 0) is 31.2 Å². The van der Waals surface area contributed by atoms with Crippen LogP contribution >= 0.6 is 0 Å². The van der Waals surface area contributed by atoms with Crippen LogP contribution in [0.25, 0.3) is 0 Å². The van der Waals surface area contributed by atoms with Gasteiger partial charge < -0.3 is 5.32 Å². The van der Waals surface area contributed by atoms with Crippen LogP contribution < -0.4 is 5.32 Å². The minimum atomic E-state index is 0.421. The van der Waals surface area contributed by atoms with E-state index < -0.39 is 0 Å². The van der Waals surface area contributed by atoms with Gasteiger partial charge in [0, 0.05) is 18.5 Å². The van der Waals surface area contributed by atoms with Crippen LogP contribution in [0.2, 0.25) is 0 Å². The molecule has 0 saturated heterocycles. The second-order valence-corrected chi connectivity index (χ2v) is 5.38. The van der Waals surface area contributed by atoms with Crippen LogP contribution in [0.1, 0.15) is 50.5 Å². The van der Waals surface area contributed by atoms with E-state index in [-0.39, 0.29) is 0 Å². The number of benzene rings is 1. The van der Waals surface area contributed by atoms with Gasteiger partial charge in [0.25, 0.3) is 0 Å². The molecule has 1 fully saturated rings. The fraction of sp³-hybridized carbons (Fsp3) is 0.529. The Bertz CT molecular complexity index is 390. The molecule has 1 saturated carbocycles. The quantitative estimate of drug-likeness (QED) is 0.792. The molecule has 0 aliphatic heterocycles. The van der Waals surface area contributed by atoms with E-state index in [1.807, 2.05) is 0 Å². The van der Waals surface area contributed by atoms with Crippen LogP contribution in [-0.2, 0) is 0 Å². The van der Waals surface area contributed by atoms with Crippen molar-refractivity contribution in [2.45, 2.75) is 57.0 Å². The summed E-state index contributed by atoms with van der Waals surface area (Å²) in [7, 11) is 0. The van der Waals surface area contributed by atoms with E-state index >= 15 is 0 Å². The van der Waals surface area contributed by atoms with Gasteiger partial charge in [-0.1, -0.05) is 43.2 Å². The molecule has 2 rings (SSSR count). The largest absolute Gasteiger partial charge is 0.310 e. The number of hydrogen-bond donors (Lipinski definition) is 1. The van der Waals surface area contributed by atoms with Gasteiger partial charge in [0.05, 0.1) is 0 Å². The first-order valence-electron chi connectivity index (χ1n) is 7.05. The third-order valence-corrected chi connectivity index (χ3v) is 3.92. The Hall–Kier alpha value is -1.26. The Morgan fingerprint density at radius 1 is 1.28 bits per heavy atom. The topological polar surface area (TPSA) is 12.0 Å².